The first kappa shape index (κ1) is 25.1. The first-order valence-electron chi connectivity index (χ1n) is 10.4. The Hall–Kier alpha value is -2.20. The van der Waals surface area contributed by atoms with Gasteiger partial charge < -0.3 is 20.3 Å². The monoisotopic (exact) mass is 537 g/mol. The number of aryl methyl sites for hydroxylation is 1. The standard InChI is InChI=1S/C23H31N5O2.HI/c1-18-7-6-10-21(26-18)27-22(29)11-13-25-23(24-2)28-14-12-20(15-28)17-30-16-19-8-4-3-5-9-19;/h3-10,20H,11-17H2,1-2H3,(H,24,25)(H,26,27,29);1H. The third-order valence-corrected chi connectivity index (χ3v) is 5.05. The molecule has 1 aliphatic rings. The van der Waals surface area contributed by atoms with Crippen LogP contribution < -0.4 is 10.6 Å². The summed E-state index contributed by atoms with van der Waals surface area (Å²) in [5.74, 6) is 1.84. The number of anilines is 1. The lowest BCUT2D eigenvalue weighted by molar-refractivity contribution is -0.116. The average Bonchev–Trinajstić information content (AvgIpc) is 3.21. The zero-order valence-corrected chi connectivity index (χ0v) is 20.5. The predicted molar refractivity (Wildman–Crippen MR) is 135 cm³/mol. The maximum Gasteiger partial charge on any atom is 0.227 e. The van der Waals surface area contributed by atoms with Gasteiger partial charge in [0.2, 0.25) is 5.91 Å². The fourth-order valence-corrected chi connectivity index (χ4v) is 3.52. The van der Waals surface area contributed by atoms with E-state index >= 15 is 0 Å². The first-order chi connectivity index (χ1) is 14.6. The van der Waals surface area contributed by atoms with Gasteiger partial charge in [0.25, 0.3) is 0 Å². The zero-order chi connectivity index (χ0) is 21.2. The SMILES string of the molecule is CN=C(NCCC(=O)Nc1cccc(C)n1)N1CCC(COCc2ccccc2)C1.I. The molecule has 2 N–H and O–H groups in total. The number of hydrogen-bond donors (Lipinski definition) is 2. The number of ether oxygens (including phenoxy) is 1. The minimum Gasteiger partial charge on any atom is -0.376 e. The summed E-state index contributed by atoms with van der Waals surface area (Å²) in [5, 5.41) is 6.12. The van der Waals surface area contributed by atoms with Crippen LogP contribution in [0.5, 0.6) is 0 Å². The van der Waals surface area contributed by atoms with E-state index in [0.29, 0.717) is 31.3 Å². The van der Waals surface area contributed by atoms with Crippen molar-refractivity contribution in [1.29, 1.82) is 0 Å². The topological polar surface area (TPSA) is 78.8 Å². The summed E-state index contributed by atoms with van der Waals surface area (Å²) < 4.78 is 5.90. The number of guanidine groups is 1. The number of carbonyl (C=O) groups is 1. The van der Waals surface area contributed by atoms with Crippen LogP contribution in [0.4, 0.5) is 5.82 Å². The van der Waals surface area contributed by atoms with Crippen LogP contribution in [0.3, 0.4) is 0 Å². The van der Waals surface area contributed by atoms with Crippen molar-refractivity contribution in [2.45, 2.75) is 26.4 Å². The second kappa shape index (κ2) is 13.3. The number of aliphatic imine (C=N–C) groups is 1. The van der Waals surface area contributed by atoms with E-state index in [4.69, 9.17) is 4.74 Å². The lowest BCUT2D eigenvalue weighted by atomic mass is 10.1. The van der Waals surface area contributed by atoms with Gasteiger partial charge in [0.15, 0.2) is 5.96 Å². The van der Waals surface area contributed by atoms with Crippen molar-refractivity contribution < 1.29 is 9.53 Å². The molecule has 1 aromatic heterocycles. The Bertz CT molecular complexity index is 847. The summed E-state index contributed by atoms with van der Waals surface area (Å²) in [4.78, 5) is 23.0. The molecular weight excluding hydrogens is 505 g/mol. The Kier molecular flexibility index (Phi) is 10.7. The van der Waals surface area contributed by atoms with Gasteiger partial charge in [-0.2, -0.15) is 0 Å². The number of carbonyl (C=O) groups excluding carboxylic acids is 1. The van der Waals surface area contributed by atoms with Crippen molar-refractivity contribution >= 4 is 41.7 Å². The summed E-state index contributed by atoms with van der Waals surface area (Å²) in [6, 6.07) is 15.8. The second-order valence-electron chi connectivity index (χ2n) is 7.54. The lowest BCUT2D eigenvalue weighted by Crippen LogP contribution is -2.41. The van der Waals surface area contributed by atoms with Gasteiger partial charge in [0.05, 0.1) is 13.2 Å². The number of nitrogens with one attached hydrogen (secondary N) is 2. The van der Waals surface area contributed by atoms with Gasteiger partial charge in [-0.05, 0) is 31.0 Å². The first-order valence-corrected chi connectivity index (χ1v) is 10.4. The molecule has 168 valence electrons. The van der Waals surface area contributed by atoms with E-state index in [1.54, 1.807) is 13.1 Å². The number of hydrogen-bond acceptors (Lipinski definition) is 4. The normalized spacial score (nSPS) is 16.0. The lowest BCUT2D eigenvalue weighted by Gasteiger charge is -2.21. The highest BCUT2D eigenvalue weighted by Gasteiger charge is 2.25. The van der Waals surface area contributed by atoms with Crippen molar-refractivity contribution in [3.8, 4) is 0 Å². The van der Waals surface area contributed by atoms with E-state index in [2.05, 4.69) is 37.6 Å². The van der Waals surface area contributed by atoms with Gasteiger partial charge in [-0.1, -0.05) is 36.4 Å². The summed E-state index contributed by atoms with van der Waals surface area (Å²) in [7, 11) is 1.78. The molecule has 2 aromatic rings. The Morgan fingerprint density at radius 2 is 2.03 bits per heavy atom. The number of aromatic nitrogens is 1. The van der Waals surface area contributed by atoms with Crippen LogP contribution in [-0.4, -0.2) is 55.0 Å². The van der Waals surface area contributed by atoms with Crippen LogP contribution in [0, 0.1) is 12.8 Å². The minimum absolute atomic E-state index is 0. The predicted octanol–water partition coefficient (Wildman–Crippen LogP) is 3.45. The van der Waals surface area contributed by atoms with Gasteiger partial charge in [-0.15, -0.1) is 24.0 Å². The Labute approximate surface area is 201 Å². The van der Waals surface area contributed by atoms with Crippen LogP contribution in [0.2, 0.25) is 0 Å². The quantitative estimate of drug-likeness (QED) is 0.307. The third-order valence-electron chi connectivity index (χ3n) is 5.05. The summed E-state index contributed by atoms with van der Waals surface area (Å²) in [6.07, 6.45) is 1.43. The van der Waals surface area contributed by atoms with Gasteiger partial charge in [-0.3, -0.25) is 9.79 Å². The van der Waals surface area contributed by atoms with E-state index in [0.717, 1.165) is 37.8 Å². The molecule has 8 heteroatoms. The van der Waals surface area contributed by atoms with Crippen molar-refractivity contribution in [2.75, 3.05) is 38.6 Å². The van der Waals surface area contributed by atoms with Crippen molar-refractivity contribution in [2.24, 2.45) is 10.9 Å². The molecule has 7 nitrogen and oxygen atoms in total. The van der Waals surface area contributed by atoms with Gasteiger partial charge in [0.1, 0.15) is 5.82 Å². The van der Waals surface area contributed by atoms with Crippen LogP contribution in [0.25, 0.3) is 0 Å². The number of nitrogens with zero attached hydrogens (tertiary/aromatic N) is 3. The highest BCUT2D eigenvalue weighted by Crippen LogP contribution is 2.17. The molecule has 31 heavy (non-hydrogen) atoms. The number of rotatable bonds is 8. The minimum atomic E-state index is -0.0651. The van der Waals surface area contributed by atoms with Crippen LogP contribution in [-0.2, 0) is 16.1 Å². The smallest absolute Gasteiger partial charge is 0.227 e. The zero-order valence-electron chi connectivity index (χ0n) is 18.2. The van der Waals surface area contributed by atoms with Gasteiger partial charge in [0, 0.05) is 44.7 Å². The highest BCUT2D eigenvalue weighted by molar-refractivity contribution is 14.0. The van der Waals surface area contributed by atoms with E-state index in [1.165, 1.54) is 5.56 Å². The van der Waals surface area contributed by atoms with Crippen LogP contribution in [0.1, 0.15) is 24.1 Å². The number of benzene rings is 1. The Morgan fingerprint density at radius 1 is 1.23 bits per heavy atom. The van der Waals surface area contributed by atoms with Crippen LogP contribution >= 0.6 is 24.0 Å². The Balaban J connectivity index is 0.00000341. The molecule has 1 aromatic carbocycles. The Morgan fingerprint density at radius 3 is 2.77 bits per heavy atom. The average molecular weight is 537 g/mol. The molecule has 1 amide bonds. The number of halogens is 1. The third kappa shape index (κ3) is 8.45. The molecule has 1 atom stereocenters. The van der Waals surface area contributed by atoms with Gasteiger partial charge in [-0.25, -0.2) is 4.98 Å². The summed E-state index contributed by atoms with van der Waals surface area (Å²) in [5.41, 5.74) is 2.08. The van der Waals surface area contributed by atoms with Crippen molar-refractivity contribution in [1.82, 2.24) is 15.2 Å². The highest BCUT2D eigenvalue weighted by atomic mass is 127. The van der Waals surface area contributed by atoms with Crippen molar-refractivity contribution in [3.63, 3.8) is 0 Å². The number of pyridine rings is 1. The molecule has 0 radical (unpaired) electrons. The molecule has 0 spiro atoms. The maximum absolute atomic E-state index is 12.1. The molecule has 0 saturated carbocycles. The molecule has 0 aliphatic carbocycles. The molecule has 1 saturated heterocycles. The van der Waals surface area contributed by atoms with Crippen LogP contribution in [0.15, 0.2) is 53.5 Å². The molecule has 1 fully saturated rings. The largest absolute Gasteiger partial charge is 0.376 e. The fraction of sp³-hybridized carbons (Fsp3) is 0.435. The molecule has 3 rings (SSSR count). The molecule has 2 heterocycles. The van der Waals surface area contributed by atoms with Crippen molar-refractivity contribution in [3.05, 3.63) is 59.8 Å². The summed E-state index contributed by atoms with van der Waals surface area (Å²) >= 11 is 0. The molecular formula is C23H32IN5O2. The number of amides is 1. The maximum atomic E-state index is 12.1. The second-order valence-corrected chi connectivity index (χ2v) is 7.54. The molecule has 0 bridgehead atoms. The fourth-order valence-electron chi connectivity index (χ4n) is 3.52. The summed E-state index contributed by atoms with van der Waals surface area (Å²) in [6.45, 7) is 5.67. The van der Waals surface area contributed by atoms with E-state index in [-0.39, 0.29) is 29.9 Å². The molecule has 1 aliphatic heterocycles. The van der Waals surface area contributed by atoms with Gasteiger partial charge >= 0.3 is 0 Å². The van der Waals surface area contributed by atoms with E-state index in [1.807, 2.05) is 37.3 Å². The number of likely N-dealkylation sites (tertiary alicyclic amines) is 1. The molecule has 1 unspecified atom stereocenters. The van der Waals surface area contributed by atoms with E-state index in [9.17, 15) is 4.79 Å². The van der Waals surface area contributed by atoms with E-state index < -0.39 is 0 Å².